The fourth-order valence-corrected chi connectivity index (χ4v) is 4.83. The van der Waals surface area contributed by atoms with E-state index in [4.69, 9.17) is 5.26 Å². The van der Waals surface area contributed by atoms with E-state index < -0.39 is 27.3 Å². The summed E-state index contributed by atoms with van der Waals surface area (Å²) in [6, 6.07) is 13.3. The molecule has 0 spiro atoms. The Bertz CT molecular complexity index is 994. The molecule has 9 heteroatoms. The van der Waals surface area contributed by atoms with Gasteiger partial charge >= 0.3 is 6.18 Å². The third-order valence-electron chi connectivity index (χ3n) is 4.99. The van der Waals surface area contributed by atoms with Crippen molar-refractivity contribution in [1.29, 1.82) is 5.26 Å². The van der Waals surface area contributed by atoms with E-state index in [1.165, 1.54) is 10.4 Å². The number of rotatable bonds is 5. The van der Waals surface area contributed by atoms with Crippen LogP contribution in [0.5, 0.6) is 0 Å². The topological polar surface area (TPSA) is 73.2 Å². The molecule has 0 atom stereocenters. The predicted molar refractivity (Wildman–Crippen MR) is 103 cm³/mol. The normalized spacial score (nSPS) is 16.3. The highest BCUT2D eigenvalue weighted by Gasteiger charge is 2.34. The second kappa shape index (κ2) is 8.43. The van der Waals surface area contributed by atoms with E-state index in [0.717, 1.165) is 12.1 Å². The smallest absolute Gasteiger partial charge is 0.385 e. The Hall–Kier alpha value is -2.57. The molecule has 0 unspecified atom stereocenters. The average Bonchev–Trinajstić information content (AvgIpc) is 2.72. The van der Waals surface area contributed by atoms with Gasteiger partial charge in [-0.15, -0.1) is 0 Å². The molecule has 0 amide bonds. The Labute approximate surface area is 167 Å². The molecule has 2 aromatic carbocycles. The van der Waals surface area contributed by atoms with Gasteiger partial charge in [0.25, 0.3) is 0 Å². The largest absolute Gasteiger partial charge is 0.417 e. The first kappa shape index (κ1) is 21.1. The molecule has 2 aromatic rings. The molecule has 1 aliphatic rings. The van der Waals surface area contributed by atoms with Crippen LogP contribution in [-0.4, -0.2) is 32.4 Å². The lowest BCUT2D eigenvalue weighted by molar-refractivity contribution is -0.137. The van der Waals surface area contributed by atoms with Crippen molar-refractivity contribution in [3.8, 4) is 6.07 Å². The minimum absolute atomic E-state index is 0.141. The summed E-state index contributed by atoms with van der Waals surface area (Å²) in [7, 11) is -3.52. The standard InChI is InChI=1S/C20H20F3N3O2S/c21-20(22,23)19-12-17(7-6-16(19)13-24)25-14-15-8-10-26(11-9-15)29(27,28)18-4-2-1-3-5-18/h1-7,12,15,25H,8-11,14H2. The van der Waals surface area contributed by atoms with Crippen molar-refractivity contribution in [2.75, 3.05) is 25.0 Å². The van der Waals surface area contributed by atoms with E-state index in [9.17, 15) is 21.6 Å². The van der Waals surface area contributed by atoms with E-state index in [-0.39, 0.29) is 16.5 Å². The van der Waals surface area contributed by atoms with Gasteiger partial charge in [0.05, 0.1) is 22.1 Å². The molecule has 0 bridgehead atoms. The van der Waals surface area contributed by atoms with Crippen molar-refractivity contribution in [3.05, 3.63) is 59.7 Å². The monoisotopic (exact) mass is 423 g/mol. The number of hydrogen-bond acceptors (Lipinski definition) is 4. The maximum atomic E-state index is 13.1. The second-order valence-corrected chi connectivity index (χ2v) is 8.85. The zero-order chi connectivity index (χ0) is 21.1. The molecule has 1 aliphatic heterocycles. The van der Waals surface area contributed by atoms with Crippen LogP contribution in [0.25, 0.3) is 0 Å². The Morgan fingerprint density at radius 1 is 1.10 bits per heavy atom. The summed E-state index contributed by atoms with van der Waals surface area (Å²) in [6.07, 6.45) is -3.37. The highest BCUT2D eigenvalue weighted by Crippen LogP contribution is 2.33. The highest BCUT2D eigenvalue weighted by atomic mass is 32.2. The Morgan fingerprint density at radius 2 is 1.76 bits per heavy atom. The van der Waals surface area contributed by atoms with Gasteiger partial charge in [0.15, 0.2) is 0 Å². The van der Waals surface area contributed by atoms with Crippen molar-refractivity contribution in [3.63, 3.8) is 0 Å². The van der Waals surface area contributed by atoms with E-state index in [1.807, 2.05) is 0 Å². The van der Waals surface area contributed by atoms with E-state index in [0.29, 0.717) is 32.5 Å². The summed E-state index contributed by atoms with van der Waals surface area (Å²) in [4.78, 5) is 0.258. The summed E-state index contributed by atoms with van der Waals surface area (Å²) in [6.45, 7) is 1.16. The number of nitriles is 1. The summed E-state index contributed by atoms with van der Waals surface area (Å²) in [5.41, 5.74) is -1.09. The fraction of sp³-hybridized carbons (Fsp3) is 0.350. The number of hydrogen-bond donors (Lipinski definition) is 1. The molecule has 154 valence electrons. The molecule has 5 nitrogen and oxygen atoms in total. The zero-order valence-electron chi connectivity index (χ0n) is 15.5. The molecule has 0 aliphatic carbocycles. The van der Waals surface area contributed by atoms with Crippen LogP contribution in [0.15, 0.2) is 53.4 Å². The molecule has 29 heavy (non-hydrogen) atoms. The first-order valence-electron chi connectivity index (χ1n) is 9.12. The Morgan fingerprint density at radius 3 is 2.34 bits per heavy atom. The summed E-state index contributed by atoms with van der Waals surface area (Å²) in [5.74, 6) is 0.141. The van der Waals surface area contributed by atoms with Crippen LogP contribution in [0.1, 0.15) is 24.0 Å². The van der Waals surface area contributed by atoms with Crippen LogP contribution in [0.3, 0.4) is 0 Å². The summed E-state index contributed by atoms with van der Waals surface area (Å²) in [5, 5.41) is 11.8. The van der Waals surface area contributed by atoms with Gasteiger partial charge in [-0.3, -0.25) is 0 Å². The van der Waals surface area contributed by atoms with Gasteiger partial charge in [0.1, 0.15) is 0 Å². The minimum atomic E-state index is -4.60. The molecule has 1 N–H and O–H groups in total. The first-order valence-corrected chi connectivity index (χ1v) is 10.6. The van der Waals surface area contributed by atoms with Gasteiger partial charge in [0.2, 0.25) is 10.0 Å². The number of anilines is 1. The van der Waals surface area contributed by atoms with Gasteiger partial charge in [0, 0.05) is 25.3 Å². The maximum Gasteiger partial charge on any atom is 0.417 e. The lowest BCUT2D eigenvalue weighted by Gasteiger charge is -2.31. The van der Waals surface area contributed by atoms with E-state index in [2.05, 4.69) is 5.32 Å². The van der Waals surface area contributed by atoms with E-state index in [1.54, 1.807) is 36.4 Å². The molecule has 0 radical (unpaired) electrons. The number of halogens is 3. The van der Waals surface area contributed by atoms with Gasteiger partial charge in [-0.05, 0) is 49.1 Å². The van der Waals surface area contributed by atoms with Crippen LogP contribution in [0, 0.1) is 17.2 Å². The van der Waals surface area contributed by atoms with Gasteiger partial charge in [-0.25, -0.2) is 8.42 Å². The van der Waals surface area contributed by atoms with Crippen LogP contribution in [0.2, 0.25) is 0 Å². The summed E-state index contributed by atoms with van der Waals surface area (Å²) < 4.78 is 65.9. The van der Waals surface area contributed by atoms with Crippen LogP contribution >= 0.6 is 0 Å². The molecule has 3 rings (SSSR count). The fourth-order valence-electron chi connectivity index (χ4n) is 3.34. The van der Waals surface area contributed by atoms with Gasteiger partial charge in [-0.2, -0.15) is 22.7 Å². The van der Waals surface area contributed by atoms with Gasteiger partial charge < -0.3 is 5.32 Å². The third-order valence-corrected chi connectivity index (χ3v) is 6.91. The zero-order valence-corrected chi connectivity index (χ0v) is 16.3. The average molecular weight is 423 g/mol. The molecular formula is C20H20F3N3O2S. The molecule has 0 saturated carbocycles. The predicted octanol–water partition coefficient (Wildman–Crippen LogP) is 4.09. The first-order chi connectivity index (χ1) is 13.7. The maximum absolute atomic E-state index is 13.1. The quantitative estimate of drug-likeness (QED) is 0.786. The lowest BCUT2D eigenvalue weighted by atomic mass is 9.98. The van der Waals surface area contributed by atoms with Crippen molar-refractivity contribution >= 4 is 15.7 Å². The van der Waals surface area contributed by atoms with Crippen molar-refractivity contribution in [1.82, 2.24) is 4.31 Å². The molecular weight excluding hydrogens is 403 g/mol. The van der Waals surface area contributed by atoms with Crippen LogP contribution < -0.4 is 5.32 Å². The summed E-state index contributed by atoms with van der Waals surface area (Å²) >= 11 is 0. The van der Waals surface area contributed by atoms with Crippen molar-refractivity contribution < 1.29 is 21.6 Å². The molecule has 1 fully saturated rings. The number of nitrogens with one attached hydrogen (secondary N) is 1. The van der Waals surface area contributed by atoms with Crippen LogP contribution in [0.4, 0.5) is 18.9 Å². The third kappa shape index (κ3) is 4.89. The molecule has 1 saturated heterocycles. The second-order valence-electron chi connectivity index (χ2n) is 6.91. The lowest BCUT2D eigenvalue weighted by Crippen LogP contribution is -2.39. The highest BCUT2D eigenvalue weighted by molar-refractivity contribution is 7.89. The van der Waals surface area contributed by atoms with Crippen LogP contribution in [-0.2, 0) is 16.2 Å². The van der Waals surface area contributed by atoms with E-state index >= 15 is 0 Å². The van der Waals surface area contributed by atoms with Crippen molar-refractivity contribution in [2.45, 2.75) is 23.9 Å². The minimum Gasteiger partial charge on any atom is -0.385 e. The molecule has 0 aromatic heterocycles. The number of nitrogens with zero attached hydrogens (tertiary/aromatic N) is 2. The Balaban J connectivity index is 1.59. The number of alkyl halides is 3. The number of piperidine rings is 1. The SMILES string of the molecule is N#Cc1ccc(NCC2CCN(S(=O)(=O)c3ccccc3)CC2)cc1C(F)(F)F. The van der Waals surface area contributed by atoms with Crippen molar-refractivity contribution in [2.24, 2.45) is 5.92 Å². The number of sulfonamides is 1. The molecule has 1 heterocycles. The Kier molecular flexibility index (Phi) is 6.15. The van der Waals surface area contributed by atoms with Gasteiger partial charge in [-0.1, -0.05) is 18.2 Å². The number of benzene rings is 2.